The summed E-state index contributed by atoms with van der Waals surface area (Å²) < 4.78 is 34.2. The standard InChI is InChI=1S/C20H29N9O3S/c1-20(4-6-28(13-20)33(30,31)22-2)29-5-3-15-16(14-11-23-18(21)24-12-14)25-19(26-17(15)29)27-7-9-32-10-8-27/h11-12,22H,3-10,13H2,1-2H3,(H2,21,23,24)/t20-/m0/s1. The van der Waals surface area contributed by atoms with Crippen molar-refractivity contribution in [1.82, 2.24) is 29.0 Å². The van der Waals surface area contributed by atoms with E-state index in [4.69, 9.17) is 20.4 Å². The Balaban J connectivity index is 1.56. The molecule has 5 heterocycles. The molecule has 2 saturated heterocycles. The molecule has 0 spiro atoms. The van der Waals surface area contributed by atoms with Crippen molar-refractivity contribution in [3.05, 3.63) is 18.0 Å². The van der Waals surface area contributed by atoms with Crippen LogP contribution in [0.3, 0.4) is 0 Å². The van der Waals surface area contributed by atoms with Crippen molar-refractivity contribution in [1.29, 1.82) is 0 Å². The van der Waals surface area contributed by atoms with E-state index in [1.54, 1.807) is 12.4 Å². The number of hydrogen-bond donors (Lipinski definition) is 2. The average molecular weight is 476 g/mol. The SMILES string of the molecule is CNS(=O)(=O)N1CC[C@](C)(N2CCc3c(-c4cnc(N)nc4)nc(N4CCOCC4)nc32)C1. The molecule has 2 fully saturated rings. The summed E-state index contributed by atoms with van der Waals surface area (Å²) in [7, 11) is -2.04. The minimum absolute atomic E-state index is 0.212. The first kappa shape index (κ1) is 22.2. The molecule has 0 bridgehead atoms. The summed E-state index contributed by atoms with van der Waals surface area (Å²) in [6.07, 6.45) is 4.85. The minimum atomic E-state index is -3.48. The molecule has 0 aliphatic carbocycles. The van der Waals surface area contributed by atoms with Crippen LogP contribution in [0.2, 0.25) is 0 Å². The van der Waals surface area contributed by atoms with Crippen LogP contribution in [-0.2, 0) is 21.4 Å². The Kier molecular flexibility index (Phi) is 5.59. The predicted octanol–water partition coefficient (Wildman–Crippen LogP) is -0.356. The Morgan fingerprint density at radius 1 is 1.12 bits per heavy atom. The highest BCUT2D eigenvalue weighted by Crippen LogP contribution is 2.41. The molecule has 0 unspecified atom stereocenters. The normalized spacial score (nSPS) is 23.8. The lowest BCUT2D eigenvalue weighted by atomic mass is 9.99. The number of hydrogen-bond acceptors (Lipinski definition) is 10. The maximum absolute atomic E-state index is 12.4. The molecule has 0 aromatic carbocycles. The van der Waals surface area contributed by atoms with E-state index in [1.165, 1.54) is 11.4 Å². The van der Waals surface area contributed by atoms with E-state index in [0.717, 1.165) is 35.6 Å². The third-order valence-electron chi connectivity index (χ3n) is 6.72. The number of ether oxygens (including phenoxy) is 1. The first-order valence-electron chi connectivity index (χ1n) is 11.1. The van der Waals surface area contributed by atoms with Gasteiger partial charge in [-0.2, -0.15) is 17.7 Å². The summed E-state index contributed by atoms with van der Waals surface area (Å²) >= 11 is 0. The van der Waals surface area contributed by atoms with Gasteiger partial charge in [0, 0.05) is 63.3 Å². The number of fused-ring (bicyclic) bond motifs is 1. The van der Waals surface area contributed by atoms with Gasteiger partial charge in [-0.25, -0.2) is 19.7 Å². The Bertz CT molecular complexity index is 1140. The van der Waals surface area contributed by atoms with E-state index in [9.17, 15) is 8.42 Å². The lowest BCUT2D eigenvalue weighted by Gasteiger charge is -2.37. The first-order valence-corrected chi connectivity index (χ1v) is 12.5. The van der Waals surface area contributed by atoms with Gasteiger partial charge in [-0.1, -0.05) is 0 Å². The number of morpholine rings is 1. The Morgan fingerprint density at radius 2 is 1.85 bits per heavy atom. The van der Waals surface area contributed by atoms with Crippen molar-refractivity contribution >= 4 is 27.9 Å². The summed E-state index contributed by atoms with van der Waals surface area (Å²) in [5.41, 5.74) is 7.94. The molecule has 0 amide bonds. The molecule has 1 atom stereocenters. The number of nitrogen functional groups attached to an aromatic ring is 1. The van der Waals surface area contributed by atoms with Gasteiger partial charge < -0.3 is 20.3 Å². The van der Waals surface area contributed by atoms with Gasteiger partial charge in [0.25, 0.3) is 10.2 Å². The zero-order valence-corrected chi connectivity index (χ0v) is 19.7. The van der Waals surface area contributed by atoms with Crippen molar-refractivity contribution < 1.29 is 13.2 Å². The van der Waals surface area contributed by atoms with Gasteiger partial charge in [0.1, 0.15) is 5.82 Å². The van der Waals surface area contributed by atoms with Crippen LogP contribution < -0.4 is 20.3 Å². The van der Waals surface area contributed by atoms with Crippen LogP contribution in [0, 0.1) is 0 Å². The Labute approximate surface area is 193 Å². The van der Waals surface area contributed by atoms with Gasteiger partial charge in [-0.05, 0) is 19.8 Å². The van der Waals surface area contributed by atoms with Crippen LogP contribution in [0.5, 0.6) is 0 Å². The highest BCUT2D eigenvalue weighted by molar-refractivity contribution is 7.87. The molecule has 0 saturated carbocycles. The van der Waals surface area contributed by atoms with Crippen LogP contribution in [0.1, 0.15) is 18.9 Å². The molecule has 12 nitrogen and oxygen atoms in total. The zero-order valence-electron chi connectivity index (χ0n) is 18.9. The second kappa shape index (κ2) is 8.31. The molecule has 2 aromatic rings. The molecule has 3 aliphatic rings. The van der Waals surface area contributed by atoms with Crippen molar-refractivity contribution in [2.75, 3.05) is 68.5 Å². The average Bonchev–Trinajstić information content (AvgIpc) is 3.45. The van der Waals surface area contributed by atoms with Gasteiger partial charge in [-0.3, -0.25) is 0 Å². The van der Waals surface area contributed by atoms with Crippen LogP contribution in [0.4, 0.5) is 17.7 Å². The van der Waals surface area contributed by atoms with Crippen molar-refractivity contribution in [2.45, 2.75) is 25.3 Å². The smallest absolute Gasteiger partial charge is 0.279 e. The molecule has 0 radical (unpaired) electrons. The van der Waals surface area contributed by atoms with Crippen molar-refractivity contribution in [2.24, 2.45) is 0 Å². The number of nitrogens with zero attached hydrogens (tertiary/aromatic N) is 7. The fraction of sp³-hybridized carbons (Fsp3) is 0.600. The topological polar surface area (TPSA) is 143 Å². The predicted molar refractivity (Wildman–Crippen MR) is 124 cm³/mol. The monoisotopic (exact) mass is 475 g/mol. The number of nitrogens with two attached hydrogens (primary N) is 1. The summed E-state index contributed by atoms with van der Waals surface area (Å²) in [5, 5.41) is 0. The lowest BCUT2D eigenvalue weighted by Crippen LogP contribution is -2.49. The Morgan fingerprint density at radius 3 is 2.55 bits per heavy atom. The molecule has 178 valence electrons. The fourth-order valence-corrected chi connectivity index (χ4v) is 5.87. The summed E-state index contributed by atoms with van der Waals surface area (Å²) in [6.45, 7) is 6.37. The fourth-order valence-electron chi connectivity index (χ4n) is 4.83. The summed E-state index contributed by atoms with van der Waals surface area (Å²) in [6, 6.07) is 0. The van der Waals surface area contributed by atoms with Gasteiger partial charge in [-0.15, -0.1) is 0 Å². The van der Waals surface area contributed by atoms with E-state index in [2.05, 4.69) is 31.4 Å². The number of rotatable bonds is 5. The van der Waals surface area contributed by atoms with Crippen molar-refractivity contribution in [3.8, 4) is 11.3 Å². The molecular weight excluding hydrogens is 446 g/mol. The second-order valence-electron chi connectivity index (χ2n) is 8.80. The molecule has 3 N–H and O–H groups in total. The van der Waals surface area contributed by atoms with E-state index in [0.29, 0.717) is 51.8 Å². The van der Waals surface area contributed by atoms with Crippen LogP contribution in [0.15, 0.2) is 12.4 Å². The van der Waals surface area contributed by atoms with Gasteiger partial charge in [0.2, 0.25) is 11.9 Å². The zero-order chi connectivity index (χ0) is 23.2. The van der Waals surface area contributed by atoms with Gasteiger partial charge >= 0.3 is 0 Å². The highest BCUT2D eigenvalue weighted by Gasteiger charge is 2.46. The number of anilines is 3. The molecule has 13 heteroatoms. The molecular formula is C20H29N9O3S. The molecule has 33 heavy (non-hydrogen) atoms. The largest absolute Gasteiger partial charge is 0.378 e. The molecule has 3 aliphatic heterocycles. The number of aromatic nitrogens is 4. The molecule has 5 rings (SSSR count). The molecule has 2 aromatic heterocycles. The second-order valence-corrected chi connectivity index (χ2v) is 10.7. The van der Waals surface area contributed by atoms with E-state index in [1.807, 2.05) is 0 Å². The van der Waals surface area contributed by atoms with Crippen LogP contribution >= 0.6 is 0 Å². The van der Waals surface area contributed by atoms with Crippen molar-refractivity contribution in [3.63, 3.8) is 0 Å². The van der Waals surface area contributed by atoms with Gasteiger partial charge in [0.15, 0.2) is 0 Å². The van der Waals surface area contributed by atoms with E-state index < -0.39 is 10.2 Å². The third-order valence-corrected chi connectivity index (χ3v) is 8.23. The van der Waals surface area contributed by atoms with Crippen LogP contribution in [0.25, 0.3) is 11.3 Å². The maximum atomic E-state index is 12.4. The van der Waals surface area contributed by atoms with Gasteiger partial charge in [0.05, 0.1) is 24.4 Å². The van der Waals surface area contributed by atoms with E-state index >= 15 is 0 Å². The maximum Gasteiger partial charge on any atom is 0.279 e. The number of nitrogens with one attached hydrogen (secondary N) is 1. The third kappa shape index (κ3) is 3.98. The van der Waals surface area contributed by atoms with Crippen LogP contribution in [-0.4, -0.2) is 91.2 Å². The summed E-state index contributed by atoms with van der Waals surface area (Å²) in [5.74, 6) is 1.70. The minimum Gasteiger partial charge on any atom is -0.378 e. The Hall–Kier alpha value is -2.61. The first-order chi connectivity index (χ1) is 15.8. The highest BCUT2D eigenvalue weighted by atomic mass is 32.2. The quantitative estimate of drug-likeness (QED) is 0.589. The van der Waals surface area contributed by atoms with E-state index in [-0.39, 0.29) is 11.5 Å². The summed E-state index contributed by atoms with van der Waals surface area (Å²) in [4.78, 5) is 22.6. The lowest BCUT2D eigenvalue weighted by molar-refractivity contribution is 0.122.